The predicted octanol–water partition coefficient (Wildman–Crippen LogP) is 1.60. The zero-order valence-corrected chi connectivity index (χ0v) is 11.0. The molecule has 1 amide bonds. The van der Waals surface area contributed by atoms with Gasteiger partial charge in [-0.3, -0.25) is 4.79 Å². The molecule has 0 bridgehead atoms. The van der Waals surface area contributed by atoms with E-state index < -0.39 is 5.60 Å². The lowest BCUT2D eigenvalue weighted by molar-refractivity contribution is 0.0907. The van der Waals surface area contributed by atoms with Crippen molar-refractivity contribution in [1.82, 2.24) is 5.32 Å². The Bertz CT molecular complexity index is 482. The Morgan fingerprint density at radius 1 is 1.22 bits per heavy atom. The molecule has 1 aliphatic rings. The molecule has 1 aromatic carbocycles. The third-order valence-electron chi connectivity index (χ3n) is 2.79. The van der Waals surface area contributed by atoms with Crippen molar-refractivity contribution in [2.45, 2.75) is 19.4 Å². The smallest absolute Gasteiger partial charge is 0.255 e. The summed E-state index contributed by atoms with van der Waals surface area (Å²) in [6.45, 7) is 4.28. The van der Waals surface area contributed by atoms with Crippen molar-refractivity contribution >= 4 is 5.91 Å². The molecule has 2 rings (SSSR count). The van der Waals surface area contributed by atoms with E-state index in [0.717, 1.165) is 0 Å². The average Bonchev–Trinajstić information content (AvgIpc) is 2.45. The first-order chi connectivity index (χ1) is 8.46. The Morgan fingerprint density at radius 2 is 1.83 bits per heavy atom. The number of carbonyl (C=O) groups is 1. The van der Waals surface area contributed by atoms with Gasteiger partial charge in [-0.1, -0.05) is 0 Å². The average molecular weight is 251 g/mol. The number of benzene rings is 1. The summed E-state index contributed by atoms with van der Waals surface area (Å²) in [5.74, 6) is 1.39. The molecule has 0 aromatic heterocycles. The maximum Gasteiger partial charge on any atom is 0.255 e. The summed E-state index contributed by atoms with van der Waals surface area (Å²) in [6.07, 6.45) is 0. The standard InChI is InChI=1S/C13H17NO4/c1-13(2)7-14-12(15)8-5-10(16-3)11(17-4)6-9(8)18-13/h5-6H,7H2,1-4H3,(H,14,15). The molecule has 0 aliphatic carbocycles. The van der Waals surface area contributed by atoms with E-state index in [9.17, 15) is 4.79 Å². The normalized spacial score (nSPS) is 17.0. The highest BCUT2D eigenvalue weighted by Gasteiger charge is 2.29. The molecular formula is C13H17NO4. The number of rotatable bonds is 2. The van der Waals surface area contributed by atoms with Crippen LogP contribution in [0.5, 0.6) is 17.2 Å². The van der Waals surface area contributed by atoms with Gasteiger partial charge in [0.2, 0.25) is 0 Å². The van der Waals surface area contributed by atoms with Gasteiger partial charge >= 0.3 is 0 Å². The van der Waals surface area contributed by atoms with Gasteiger partial charge in [0.1, 0.15) is 11.4 Å². The van der Waals surface area contributed by atoms with E-state index in [1.807, 2.05) is 13.8 Å². The maximum absolute atomic E-state index is 12.0. The highest BCUT2D eigenvalue weighted by Crippen LogP contribution is 2.37. The molecule has 5 nitrogen and oxygen atoms in total. The molecule has 0 unspecified atom stereocenters. The first-order valence-corrected chi connectivity index (χ1v) is 5.70. The highest BCUT2D eigenvalue weighted by molar-refractivity contribution is 5.98. The molecule has 1 N–H and O–H groups in total. The predicted molar refractivity (Wildman–Crippen MR) is 66.6 cm³/mol. The van der Waals surface area contributed by atoms with Crippen LogP contribution >= 0.6 is 0 Å². The van der Waals surface area contributed by atoms with Gasteiger partial charge in [0, 0.05) is 12.1 Å². The van der Waals surface area contributed by atoms with Crippen LogP contribution in [0.25, 0.3) is 0 Å². The SMILES string of the molecule is COc1cc2c(cc1OC)C(=O)NCC(C)(C)O2. The van der Waals surface area contributed by atoms with E-state index in [4.69, 9.17) is 14.2 Å². The molecule has 1 aromatic rings. The summed E-state index contributed by atoms with van der Waals surface area (Å²) in [6, 6.07) is 3.31. The number of ether oxygens (including phenoxy) is 3. The van der Waals surface area contributed by atoms with Gasteiger partial charge in [-0.25, -0.2) is 0 Å². The molecule has 98 valence electrons. The van der Waals surface area contributed by atoms with Gasteiger partial charge in [0.25, 0.3) is 5.91 Å². The second-order valence-electron chi connectivity index (χ2n) is 4.75. The molecule has 1 heterocycles. The van der Waals surface area contributed by atoms with E-state index in [-0.39, 0.29) is 5.91 Å². The van der Waals surface area contributed by atoms with Crippen LogP contribution < -0.4 is 19.5 Å². The van der Waals surface area contributed by atoms with E-state index in [2.05, 4.69) is 5.32 Å². The molecule has 0 saturated carbocycles. The number of hydrogen-bond acceptors (Lipinski definition) is 4. The minimum atomic E-state index is -0.458. The van der Waals surface area contributed by atoms with Crippen molar-refractivity contribution in [3.8, 4) is 17.2 Å². The third-order valence-corrected chi connectivity index (χ3v) is 2.79. The van der Waals surface area contributed by atoms with Crippen LogP contribution in [-0.2, 0) is 0 Å². The molecule has 5 heteroatoms. The minimum absolute atomic E-state index is 0.170. The topological polar surface area (TPSA) is 56.8 Å². The largest absolute Gasteiger partial charge is 0.493 e. The molecule has 18 heavy (non-hydrogen) atoms. The summed E-state index contributed by atoms with van der Waals surface area (Å²) in [4.78, 5) is 12.0. The fourth-order valence-electron chi connectivity index (χ4n) is 1.84. The quantitative estimate of drug-likeness (QED) is 0.867. The Morgan fingerprint density at radius 3 is 2.44 bits per heavy atom. The maximum atomic E-state index is 12.0. The summed E-state index contributed by atoms with van der Waals surface area (Å²) in [7, 11) is 3.08. The number of hydrogen-bond donors (Lipinski definition) is 1. The van der Waals surface area contributed by atoms with Crippen LogP contribution in [0.1, 0.15) is 24.2 Å². The monoisotopic (exact) mass is 251 g/mol. The molecule has 0 saturated heterocycles. The van der Waals surface area contributed by atoms with Crippen LogP contribution in [0.3, 0.4) is 0 Å². The third kappa shape index (κ3) is 2.20. The zero-order chi connectivity index (χ0) is 13.3. The van der Waals surface area contributed by atoms with Crippen LogP contribution in [-0.4, -0.2) is 32.3 Å². The Balaban J connectivity index is 2.55. The highest BCUT2D eigenvalue weighted by atomic mass is 16.5. The number of carbonyl (C=O) groups excluding carboxylic acids is 1. The summed E-state index contributed by atoms with van der Waals surface area (Å²) in [5, 5.41) is 2.82. The fraction of sp³-hybridized carbons (Fsp3) is 0.462. The van der Waals surface area contributed by atoms with Crippen LogP contribution in [0, 0.1) is 0 Å². The van der Waals surface area contributed by atoms with Gasteiger partial charge in [-0.05, 0) is 13.8 Å². The zero-order valence-electron chi connectivity index (χ0n) is 11.0. The van der Waals surface area contributed by atoms with E-state index in [1.54, 1.807) is 19.2 Å². The molecular weight excluding hydrogens is 234 g/mol. The first-order valence-electron chi connectivity index (χ1n) is 5.70. The first kappa shape index (κ1) is 12.5. The van der Waals surface area contributed by atoms with Crippen LogP contribution in [0.15, 0.2) is 12.1 Å². The van der Waals surface area contributed by atoms with Crippen molar-refractivity contribution < 1.29 is 19.0 Å². The van der Waals surface area contributed by atoms with Crippen molar-refractivity contribution in [2.24, 2.45) is 0 Å². The molecule has 0 fully saturated rings. The van der Waals surface area contributed by atoms with Gasteiger partial charge in [-0.15, -0.1) is 0 Å². The molecule has 0 spiro atoms. The number of fused-ring (bicyclic) bond motifs is 1. The second kappa shape index (κ2) is 4.40. The number of methoxy groups -OCH3 is 2. The molecule has 0 atom stereocenters. The lowest BCUT2D eigenvalue weighted by atomic mass is 10.1. The Labute approximate surface area is 106 Å². The van der Waals surface area contributed by atoms with Crippen molar-refractivity contribution in [3.05, 3.63) is 17.7 Å². The van der Waals surface area contributed by atoms with Gasteiger partial charge in [0.05, 0.1) is 26.3 Å². The van der Waals surface area contributed by atoms with Crippen molar-refractivity contribution in [1.29, 1.82) is 0 Å². The lowest BCUT2D eigenvalue weighted by Crippen LogP contribution is -2.39. The van der Waals surface area contributed by atoms with Crippen molar-refractivity contribution in [3.63, 3.8) is 0 Å². The fourth-order valence-corrected chi connectivity index (χ4v) is 1.84. The van der Waals surface area contributed by atoms with E-state index in [1.165, 1.54) is 7.11 Å². The van der Waals surface area contributed by atoms with Gasteiger partial charge in [-0.2, -0.15) is 0 Å². The van der Waals surface area contributed by atoms with E-state index >= 15 is 0 Å². The van der Waals surface area contributed by atoms with Crippen LogP contribution in [0.4, 0.5) is 0 Å². The summed E-state index contributed by atoms with van der Waals surface area (Å²) >= 11 is 0. The summed E-state index contributed by atoms with van der Waals surface area (Å²) < 4.78 is 16.2. The minimum Gasteiger partial charge on any atom is -0.493 e. The summed E-state index contributed by atoms with van der Waals surface area (Å²) in [5.41, 5.74) is -0.00114. The van der Waals surface area contributed by atoms with Gasteiger partial charge < -0.3 is 19.5 Å². The van der Waals surface area contributed by atoms with Crippen molar-refractivity contribution in [2.75, 3.05) is 20.8 Å². The van der Waals surface area contributed by atoms with Crippen LogP contribution in [0.2, 0.25) is 0 Å². The van der Waals surface area contributed by atoms with Gasteiger partial charge in [0.15, 0.2) is 11.5 Å². The van der Waals surface area contributed by atoms with E-state index in [0.29, 0.717) is 29.4 Å². The number of amides is 1. The Kier molecular flexibility index (Phi) is 3.07. The Hall–Kier alpha value is -1.91. The molecule has 1 aliphatic heterocycles. The molecule has 0 radical (unpaired) electrons. The second-order valence-corrected chi connectivity index (χ2v) is 4.75. The lowest BCUT2D eigenvalue weighted by Gasteiger charge is -2.24. The number of nitrogens with one attached hydrogen (secondary N) is 1.